The summed E-state index contributed by atoms with van der Waals surface area (Å²) in [6.45, 7) is 2.23. The highest BCUT2D eigenvalue weighted by molar-refractivity contribution is 6.06. The molecule has 0 bridgehead atoms. The van der Waals surface area contributed by atoms with E-state index < -0.39 is 0 Å². The van der Waals surface area contributed by atoms with E-state index in [9.17, 15) is 4.79 Å². The quantitative estimate of drug-likeness (QED) is 0.549. The van der Waals surface area contributed by atoms with Gasteiger partial charge in [-0.05, 0) is 69.7 Å². The van der Waals surface area contributed by atoms with Crippen molar-refractivity contribution in [3.63, 3.8) is 0 Å². The van der Waals surface area contributed by atoms with Crippen LogP contribution in [0.25, 0.3) is 23.3 Å². The van der Waals surface area contributed by atoms with Gasteiger partial charge < -0.3 is 0 Å². The van der Waals surface area contributed by atoms with E-state index in [1.807, 2.05) is 12.1 Å². The van der Waals surface area contributed by atoms with Crippen molar-refractivity contribution in [1.29, 1.82) is 0 Å². The number of aldehydes is 1. The Morgan fingerprint density at radius 1 is 0.821 bits per heavy atom. The summed E-state index contributed by atoms with van der Waals surface area (Å²) < 4.78 is 0. The summed E-state index contributed by atoms with van der Waals surface area (Å²) in [7, 11) is 0. The molecule has 0 saturated carbocycles. The van der Waals surface area contributed by atoms with E-state index in [0.717, 1.165) is 17.4 Å². The molecule has 1 atom stereocenters. The van der Waals surface area contributed by atoms with Crippen molar-refractivity contribution in [2.75, 3.05) is 0 Å². The number of carbonyl (C=O) groups excluding carboxylic acids is 1. The molecule has 0 amide bonds. The van der Waals surface area contributed by atoms with Crippen molar-refractivity contribution in [2.45, 2.75) is 6.92 Å². The summed E-state index contributed by atoms with van der Waals surface area (Å²) in [5.41, 5.74) is 12.0. The maximum atomic E-state index is 11.3. The lowest BCUT2D eigenvalue weighted by molar-refractivity contribution is 0.112. The normalized spacial score (nSPS) is 23.0. The largest absolute Gasteiger partial charge is 0.298 e. The molecule has 0 fully saturated rings. The first-order valence-electron chi connectivity index (χ1n) is 9.65. The van der Waals surface area contributed by atoms with Crippen LogP contribution >= 0.6 is 0 Å². The lowest BCUT2D eigenvalue weighted by Gasteiger charge is -2.40. The molecule has 1 heteroatoms. The second-order valence-corrected chi connectivity index (χ2v) is 7.85. The second-order valence-electron chi connectivity index (χ2n) is 7.85. The molecule has 1 unspecified atom stereocenters. The molecule has 2 aromatic carbocycles. The smallest absolute Gasteiger partial charge is 0.150 e. The number of benzene rings is 2. The SMILES string of the molecule is CC1=CC=C2C(=Cc3cc(C=O)ccc32)C12C=CC=C1C2=Cc2ccccc21. The van der Waals surface area contributed by atoms with Crippen molar-refractivity contribution in [2.24, 2.45) is 5.41 Å². The lowest BCUT2D eigenvalue weighted by Crippen LogP contribution is -2.28. The second kappa shape index (κ2) is 5.30. The van der Waals surface area contributed by atoms with Gasteiger partial charge >= 0.3 is 0 Å². The average molecular weight is 358 g/mol. The van der Waals surface area contributed by atoms with E-state index in [2.05, 4.69) is 79.8 Å². The molecule has 1 nitrogen and oxygen atoms in total. The molecule has 4 aliphatic carbocycles. The Balaban J connectivity index is 1.60. The fourth-order valence-corrected chi connectivity index (χ4v) is 5.17. The van der Waals surface area contributed by atoms with Crippen LogP contribution in [0.3, 0.4) is 0 Å². The van der Waals surface area contributed by atoms with Crippen molar-refractivity contribution >= 4 is 29.6 Å². The number of hydrogen-bond acceptors (Lipinski definition) is 1. The molecular formula is C27H18O. The summed E-state index contributed by atoms with van der Waals surface area (Å²) in [6, 6.07) is 14.6. The van der Waals surface area contributed by atoms with E-state index in [0.29, 0.717) is 0 Å². The van der Waals surface area contributed by atoms with E-state index in [1.54, 1.807) is 0 Å². The van der Waals surface area contributed by atoms with Crippen molar-refractivity contribution in [3.8, 4) is 0 Å². The lowest BCUT2D eigenvalue weighted by atomic mass is 9.62. The van der Waals surface area contributed by atoms with Crippen molar-refractivity contribution < 1.29 is 4.79 Å². The Morgan fingerprint density at radius 2 is 1.57 bits per heavy atom. The number of carbonyl (C=O) groups is 1. The third-order valence-corrected chi connectivity index (χ3v) is 6.51. The molecule has 28 heavy (non-hydrogen) atoms. The zero-order valence-electron chi connectivity index (χ0n) is 15.6. The summed E-state index contributed by atoms with van der Waals surface area (Å²) >= 11 is 0. The highest BCUT2D eigenvalue weighted by Crippen LogP contribution is 2.61. The van der Waals surface area contributed by atoms with Gasteiger partial charge in [0, 0.05) is 5.56 Å². The molecule has 0 aromatic heterocycles. The van der Waals surface area contributed by atoms with E-state index in [1.165, 1.54) is 44.6 Å². The van der Waals surface area contributed by atoms with Gasteiger partial charge in [0.25, 0.3) is 0 Å². The van der Waals surface area contributed by atoms with E-state index >= 15 is 0 Å². The summed E-state index contributed by atoms with van der Waals surface area (Å²) in [5, 5.41) is 0. The Labute approximate surface area is 164 Å². The van der Waals surface area contributed by atoms with E-state index in [-0.39, 0.29) is 5.41 Å². The molecule has 0 saturated heterocycles. The highest BCUT2D eigenvalue weighted by Gasteiger charge is 2.46. The predicted octanol–water partition coefficient (Wildman–Crippen LogP) is 6.28. The zero-order chi connectivity index (χ0) is 18.9. The van der Waals surface area contributed by atoms with Crippen LogP contribution < -0.4 is 0 Å². The van der Waals surface area contributed by atoms with Gasteiger partial charge in [-0.15, -0.1) is 0 Å². The third kappa shape index (κ3) is 1.79. The van der Waals surface area contributed by atoms with Gasteiger partial charge in [0.2, 0.25) is 0 Å². The van der Waals surface area contributed by atoms with Crippen molar-refractivity contribution in [3.05, 3.63) is 117 Å². The minimum atomic E-state index is -0.256. The van der Waals surface area contributed by atoms with Crippen molar-refractivity contribution in [1.82, 2.24) is 0 Å². The van der Waals surface area contributed by atoms with Crippen LogP contribution in [0.5, 0.6) is 0 Å². The fraction of sp³-hybridized carbons (Fsp3) is 0.0741. The topological polar surface area (TPSA) is 17.1 Å². The Morgan fingerprint density at radius 3 is 2.43 bits per heavy atom. The van der Waals surface area contributed by atoms with Crippen LogP contribution in [0.4, 0.5) is 0 Å². The van der Waals surface area contributed by atoms with Crippen LogP contribution in [0.15, 0.2) is 89.6 Å². The molecule has 0 N–H and O–H groups in total. The molecule has 4 aliphatic rings. The monoisotopic (exact) mass is 358 g/mol. The summed E-state index contributed by atoms with van der Waals surface area (Å²) in [4.78, 5) is 11.3. The molecule has 0 heterocycles. The predicted molar refractivity (Wildman–Crippen MR) is 116 cm³/mol. The molecule has 0 aliphatic heterocycles. The fourth-order valence-electron chi connectivity index (χ4n) is 5.17. The molecule has 2 aromatic rings. The van der Waals surface area contributed by atoms with Gasteiger partial charge in [0.15, 0.2) is 0 Å². The highest BCUT2D eigenvalue weighted by atomic mass is 16.1. The molecule has 1 spiro atoms. The van der Waals surface area contributed by atoms with Crippen LogP contribution in [0.2, 0.25) is 0 Å². The van der Waals surface area contributed by atoms with Crippen LogP contribution in [0.1, 0.15) is 39.5 Å². The minimum absolute atomic E-state index is 0.256. The molecule has 0 radical (unpaired) electrons. The standard InChI is InChI=1S/C27H18O/c1-17-8-10-24-22-11-9-18(16-28)13-20(22)15-26(24)27(17)12-4-7-23-21-6-3-2-5-19(21)14-25(23)27/h2-16H,1H3. The molecule has 6 rings (SSSR count). The first-order valence-corrected chi connectivity index (χ1v) is 9.65. The zero-order valence-corrected chi connectivity index (χ0v) is 15.6. The maximum absolute atomic E-state index is 11.3. The molecular weight excluding hydrogens is 340 g/mol. The van der Waals surface area contributed by atoms with Gasteiger partial charge in [-0.25, -0.2) is 0 Å². The van der Waals surface area contributed by atoms with Crippen LogP contribution in [-0.2, 0) is 0 Å². The average Bonchev–Trinajstić information content (AvgIpc) is 3.30. The summed E-state index contributed by atoms with van der Waals surface area (Å²) in [6.07, 6.45) is 16.8. The first kappa shape index (κ1) is 15.6. The third-order valence-electron chi connectivity index (χ3n) is 6.51. The van der Waals surface area contributed by atoms with Crippen LogP contribution in [-0.4, -0.2) is 6.29 Å². The van der Waals surface area contributed by atoms with E-state index in [4.69, 9.17) is 0 Å². The first-order chi connectivity index (χ1) is 13.7. The molecule has 132 valence electrons. The maximum Gasteiger partial charge on any atom is 0.150 e. The van der Waals surface area contributed by atoms with Gasteiger partial charge in [0.1, 0.15) is 6.29 Å². The summed E-state index contributed by atoms with van der Waals surface area (Å²) in [5.74, 6) is 0. The van der Waals surface area contributed by atoms with Crippen LogP contribution in [0, 0.1) is 5.41 Å². The number of fused-ring (bicyclic) bond motifs is 8. The van der Waals surface area contributed by atoms with Gasteiger partial charge in [-0.3, -0.25) is 4.79 Å². The Bertz CT molecular complexity index is 1270. The van der Waals surface area contributed by atoms with Gasteiger partial charge in [-0.2, -0.15) is 0 Å². The van der Waals surface area contributed by atoms with Gasteiger partial charge in [0.05, 0.1) is 5.41 Å². The Hall–Kier alpha value is -3.45. The number of hydrogen-bond donors (Lipinski definition) is 0. The van der Waals surface area contributed by atoms with Gasteiger partial charge in [-0.1, -0.05) is 72.4 Å². The number of allylic oxidation sites excluding steroid dienone is 10. The number of rotatable bonds is 1. The minimum Gasteiger partial charge on any atom is -0.298 e. The Kier molecular flexibility index (Phi) is 2.95.